The van der Waals surface area contributed by atoms with E-state index in [1.165, 1.54) is 6.07 Å². The number of aryl methyl sites for hydroxylation is 2. The molecule has 26 heavy (non-hydrogen) atoms. The zero-order valence-corrected chi connectivity index (χ0v) is 16.5. The standard InChI is InChI=1S/C20H26N2O3S/c1-5-7-16(4)21-20(23)17-11-10-15(3)19(13-17)26(24,25)22-18-9-6-8-14(2)12-18/h6,8-13,16,22H,5,7H2,1-4H3,(H,21,23)/t16-/m1/s1. The lowest BCUT2D eigenvalue weighted by Gasteiger charge is -2.15. The van der Waals surface area contributed by atoms with E-state index in [0.29, 0.717) is 16.8 Å². The van der Waals surface area contributed by atoms with Gasteiger partial charge in [0.2, 0.25) is 0 Å². The zero-order chi connectivity index (χ0) is 19.3. The van der Waals surface area contributed by atoms with Gasteiger partial charge >= 0.3 is 0 Å². The number of nitrogens with one attached hydrogen (secondary N) is 2. The van der Waals surface area contributed by atoms with Crippen LogP contribution in [-0.4, -0.2) is 20.4 Å². The molecule has 0 radical (unpaired) electrons. The largest absolute Gasteiger partial charge is 0.350 e. The van der Waals surface area contributed by atoms with Crippen LogP contribution in [0.3, 0.4) is 0 Å². The van der Waals surface area contributed by atoms with Gasteiger partial charge in [-0.3, -0.25) is 9.52 Å². The molecule has 1 amide bonds. The average molecular weight is 375 g/mol. The minimum Gasteiger partial charge on any atom is -0.350 e. The molecular formula is C20H26N2O3S. The van der Waals surface area contributed by atoms with Gasteiger partial charge in [0.1, 0.15) is 0 Å². The Hall–Kier alpha value is -2.34. The van der Waals surface area contributed by atoms with Gasteiger partial charge in [0.25, 0.3) is 15.9 Å². The molecule has 0 saturated heterocycles. The number of hydrogen-bond donors (Lipinski definition) is 2. The molecule has 0 aliphatic carbocycles. The highest BCUT2D eigenvalue weighted by Crippen LogP contribution is 2.21. The number of carbonyl (C=O) groups excluding carboxylic acids is 1. The number of anilines is 1. The van der Waals surface area contributed by atoms with Crippen LogP contribution in [0.25, 0.3) is 0 Å². The molecule has 5 nitrogen and oxygen atoms in total. The summed E-state index contributed by atoms with van der Waals surface area (Å²) in [4.78, 5) is 12.5. The SMILES string of the molecule is CCC[C@@H](C)NC(=O)c1ccc(C)c(S(=O)(=O)Nc2cccc(C)c2)c1. The van der Waals surface area contributed by atoms with Crippen LogP contribution in [0.5, 0.6) is 0 Å². The van der Waals surface area contributed by atoms with E-state index in [1.54, 1.807) is 37.3 Å². The molecule has 0 aromatic heterocycles. The number of sulfonamides is 1. The molecule has 140 valence electrons. The molecule has 2 aromatic carbocycles. The Morgan fingerprint density at radius 1 is 1.12 bits per heavy atom. The van der Waals surface area contributed by atoms with Crippen LogP contribution in [-0.2, 0) is 10.0 Å². The molecular weight excluding hydrogens is 348 g/mol. The van der Waals surface area contributed by atoms with E-state index in [-0.39, 0.29) is 16.8 Å². The summed E-state index contributed by atoms with van der Waals surface area (Å²) in [5.74, 6) is -0.266. The van der Waals surface area contributed by atoms with Crippen molar-refractivity contribution in [1.82, 2.24) is 5.32 Å². The Morgan fingerprint density at radius 2 is 1.85 bits per heavy atom. The minimum atomic E-state index is -3.79. The van der Waals surface area contributed by atoms with E-state index < -0.39 is 10.0 Å². The monoisotopic (exact) mass is 374 g/mol. The first kappa shape index (κ1) is 20.0. The normalized spacial score (nSPS) is 12.5. The lowest BCUT2D eigenvalue weighted by molar-refractivity contribution is 0.0938. The van der Waals surface area contributed by atoms with Crippen LogP contribution in [0, 0.1) is 13.8 Å². The van der Waals surface area contributed by atoms with Gasteiger partial charge in [-0.25, -0.2) is 8.42 Å². The van der Waals surface area contributed by atoms with Crippen molar-refractivity contribution in [2.24, 2.45) is 0 Å². The van der Waals surface area contributed by atoms with Crippen molar-refractivity contribution >= 4 is 21.6 Å². The topological polar surface area (TPSA) is 75.3 Å². The molecule has 1 atom stereocenters. The molecule has 0 bridgehead atoms. The van der Waals surface area contributed by atoms with Gasteiger partial charge in [0, 0.05) is 17.3 Å². The second kappa shape index (κ2) is 8.36. The quantitative estimate of drug-likeness (QED) is 0.768. The van der Waals surface area contributed by atoms with Crippen molar-refractivity contribution < 1.29 is 13.2 Å². The van der Waals surface area contributed by atoms with Gasteiger partial charge in [-0.15, -0.1) is 0 Å². The number of amides is 1. The molecule has 2 rings (SSSR count). The maximum atomic E-state index is 12.8. The third-order valence-corrected chi connectivity index (χ3v) is 5.63. The minimum absolute atomic E-state index is 0.0410. The summed E-state index contributed by atoms with van der Waals surface area (Å²) in [6.07, 6.45) is 1.84. The van der Waals surface area contributed by atoms with Crippen molar-refractivity contribution in [3.05, 3.63) is 59.2 Å². The molecule has 0 fully saturated rings. The number of carbonyl (C=O) groups is 1. The Balaban J connectivity index is 2.29. The van der Waals surface area contributed by atoms with Crippen molar-refractivity contribution in [3.8, 4) is 0 Å². The second-order valence-corrected chi connectivity index (χ2v) is 8.27. The van der Waals surface area contributed by atoms with Crippen LogP contribution in [0.4, 0.5) is 5.69 Å². The average Bonchev–Trinajstić information content (AvgIpc) is 2.54. The van der Waals surface area contributed by atoms with E-state index in [4.69, 9.17) is 0 Å². The maximum absolute atomic E-state index is 12.8. The van der Waals surface area contributed by atoms with Gasteiger partial charge < -0.3 is 5.32 Å². The van der Waals surface area contributed by atoms with Crippen LogP contribution in [0.2, 0.25) is 0 Å². The van der Waals surface area contributed by atoms with Crippen molar-refractivity contribution in [3.63, 3.8) is 0 Å². The predicted molar refractivity (Wildman–Crippen MR) is 105 cm³/mol. The summed E-state index contributed by atoms with van der Waals surface area (Å²) in [7, 11) is -3.79. The van der Waals surface area contributed by atoms with Gasteiger partial charge in [0.05, 0.1) is 4.90 Å². The van der Waals surface area contributed by atoms with Crippen molar-refractivity contribution in [2.75, 3.05) is 4.72 Å². The Kier molecular flexibility index (Phi) is 6.42. The highest BCUT2D eigenvalue weighted by molar-refractivity contribution is 7.92. The van der Waals surface area contributed by atoms with E-state index in [9.17, 15) is 13.2 Å². The van der Waals surface area contributed by atoms with Gasteiger partial charge in [-0.1, -0.05) is 31.5 Å². The number of benzene rings is 2. The molecule has 0 saturated carbocycles. The van der Waals surface area contributed by atoms with Gasteiger partial charge in [-0.2, -0.15) is 0 Å². The molecule has 0 heterocycles. The summed E-state index contributed by atoms with van der Waals surface area (Å²) in [5.41, 5.74) is 2.38. The fraction of sp³-hybridized carbons (Fsp3) is 0.350. The highest BCUT2D eigenvalue weighted by Gasteiger charge is 2.20. The Bertz CT molecular complexity index is 892. The lowest BCUT2D eigenvalue weighted by Crippen LogP contribution is -2.32. The van der Waals surface area contributed by atoms with Crippen molar-refractivity contribution in [2.45, 2.75) is 51.5 Å². The molecule has 0 aliphatic rings. The fourth-order valence-electron chi connectivity index (χ4n) is 2.76. The third-order valence-electron chi connectivity index (χ3n) is 4.11. The van der Waals surface area contributed by atoms with E-state index in [1.807, 2.05) is 19.9 Å². The molecule has 0 spiro atoms. The zero-order valence-electron chi connectivity index (χ0n) is 15.7. The Morgan fingerprint density at radius 3 is 2.50 bits per heavy atom. The van der Waals surface area contributed by atoms with E-state index in [2.05, 4.69) is 17.0 Å². The van der Waals surface area contributed by atoms with Crippen molar-refractivity contribution in [1.29, 1.82) is 0 Å². The summed E-state index contributed by atoms with van der Waals surface area (Å²) < 4.78 is 28.2. The third kappa shape index (κ3) is 5.08. The fourth-order valence-corrected chi connectivity index (χ4v) is 4.08. The molecule has 2 N–H and O–H groups in total. The molecule has 6 heteroatoms. The van der Waals surface area contributed by atoms with Crippen LogP contribution in [0.15, 0.2) is 47.4 Å². The highest BCUT2D eigenvalue weighted by atomic mass is 32.2. The smallest absolute Gasteiger partial charge is 0.262 e. The van der Waals surface area contributed by atoms with Crippen LogP contribution in [0.1, 0.15) is 48.2 Å². The molecule has 0 aliphatic heterocycles. The molecule has 2 aromatic rings. The Labute approximate surface area is 155 Å². The van der Waals surface area contributed by atoms with Crippen LogP contribution < -0.4 is 10.0 Å². The first-order chi connectivity index (χ1) is 12.2. The predicted octanol–water partition coefficient (Wildman–Crippen LogP) is 4.02. The van der Waals surface area contributed by atoms with E-state index in [0.717, 1.165) is 18.4 Å². The molecule has 0 unspecified atom stereocenters. The van der Waals surface area contributed by atoms with Gasteiger partial charge in [0.15, 0.2) is 0 Å². The lowest BCUT2D eigenvalue weighted by atomic mass is 10.1. The summed E-state index contributed by atoms with van der Waals surface area (Å²) >= 11 is 0. The summed E-state index contributed by atoms with van der Waals surface area (Å²) in [6.45, 7) is 7.60. The first-order valence-corrected chi connectivity index (χ1v) is 10.2. The number of hydrogen-bond acceptors (Lipinski definition) is 3. The first-order valence-electron chi connectivity index (χ1n) is 8.74. The summed E-state index contributed by atoms with van der Waals surface area (Å²) in [6, 6.07) is 11.9. The second-order valence-electron chi connectivity index (χ2n) is 6.62. The van der Waals surface area contributed by atoms with Gasteiger partial charge in [-0.05, 0) is 62.6 Å². The van der Waals surface area contributed by atoms with Crippen LogP contribution >= 0.6 is 0 Å². The number of rotatable bonds is 7. The summed E-state index contributed by atoms with van der Waals surface area (Å²) in [5, 5.41) is 2.90. The van der Waals surface area contributed by atoms with E-state index >= 15 is 0 Å². The maximum Gasteiger partial charge on any atom is 0.262 e.